The number of likely N-dealkylation sites (tertiary alicyclic amines) is 1. The van der Waals surface area contributed by atoms with Crippen molar-refractivity contribution >= 4 is 16.9 Å². The van der Waals surface area contributed by atoms with Gasteiger partial charge in [0.2, 0.25) is 0 Å². The molecule has 2 fully saturated rings. The van der Waals surface area contributed by atoms with Crippen LogP contribution in [0.15, 0.2) is 42.9 Å². The van der Waals surface area contributed by atoms with Crippen molar-refractivity contribution in [2.45, 2.75) is 51.0 Å². The van der Waals surface area contributed by atoms with Crippen LogP contribution in [0.4, 0.5) is 4.39 Å². The van der Waals surface area contributed by atoms with Gasteiger partial charge >= 0.3 is 0 Å². The maximum atomic E-state index is 15.5. The van der Waals surface area contributed by atoms with E-state index in [2.05, 4.69) is 45.2 Å². The zero-order valence-electron chi connectivity index (χ0n) is 22.8. The lowest BCUT2D eigenvalue weighted by Gasteiger charge is -2.46. The molecule has 1 atom stereocenters. The highest BCUT2D eigenvalue weighted by Gasteiger charge is 2.49. The molecule has 0 bridgehead atoms. The zero-order valence-corrected chi connectivity index (χ0v) is 22.8. The molecule has 4 heterocycles. The van der Waals surface area contributed by atoms with E-state index in [9.17, 15) is 10.1 Å². The third-order valence-electron chi connectivity index (χ3n) is 8.64. The van der Waals surface area contributed by atoms with E-state index < -0.39 is 11.7 Å². The number of fused-ring (bicyclic) bond motifs is 1. The molecule has 1 aromatic carbocycles. The normalized spacial score (nSPS) is 23.1. The smallest absolute Gasteiger partial charge is 0.267 e. The number of benzene rings is 1. The Balaban J connectivity index is 1.47. The molecule has 0 unspecified atom stereocenters. The third-order valence-corrected chi connectivity index (χ3v) is 8.64. The first-order valence-electron chi connectivity index (χ1n) is 13.8. The molecule has 1 saturated carbocycles. The number of aryl methyl sites for hydroxylation is 1. The summed E-state index contributed by atoms with van der Waals surface area (Å²) in [5, 5.41) is 17.9. The fraction of sp³-hybridized carbons (Fsp3) is 0.433. The molecule has 0 radical (unpaired) electrons. The van der Waals surface area contributed by atoms with Gasteiger partial charge in [0.15, 0.2) is 5.82 Å². The van der Waals surface area contributed by atoms with Gasteiger partial charge in [-0.1, -0.05) is 19.1 Å². The van der Waals surface area contributed by atoms with E-state index in [1.54, 1.807) is 12.4 Å². The lowest BCUT2D eigenvalue weighted by molar-refractivity contribution is 0.0995. The number of aromatic nitrogens is 5. The molecule has 206 valence electrons. The SMILES string of the molecule is C[C@H]1CCCN(Cc2cc(C(N)=O)nc3c(F)cn(-c4cccc(C5(c6nncn6C)CC(CC#N)C5)c4)c23)C1. The minimum Gasteiger partial charge on any atom is -0.364 e. The quantitative estimate of drug-likeness (QED) is 0.375. The van der Waals surface area contributed by atoms with Crippen molar-refractivity contribution in [1.82, 2.24) is 29.2 Å². The van der Waals surface area contributed by atoms with Gasteiger partial charge in [-0.25, -0.2) is 9.37 Å². The second-order valence-corrected chi connectivity index (χ2v) is 11.6. The Morgan fingerprint density at radius 2 is 2.12 bits per heavy atom. The maximum Gasteiger partial charge on any atom is 0.267 e. The summed E-state index contributed by atoms with van der Waals surface area (Å²) in [6.45, 7) is 4.71. The van der Waals surface area contributed by atoms with Gasteiger partial charge < -0.3 is 14.9 Å². The number of amides is 1. The Morgan fingerprint density at radius 1 is 1.30 bits per heavy atom. The summed E-state index contributed by atoms with van der Waals surface area (Å²) in [7, 11) is 1.93. The van der Waals surface area contributed by atoms with Crippen LogP contribution in [0.3, 0.4) is 0 Å². The Bertz CT molecular complexity index is 1630. The number of nitrogens with zero attached hydrogens (tertiary/aromatic N) is 7. The molecule has 2 aliphatic rings. The third kappa shape index (κ3) is 4.44. The summed E-state index contributed by atoms with van der Waals surface area (Å²) in [4.78, 5) is 18.8. The molecular formula is C30H33FN8O. The lowest BCUT2D eigenvalue weighted by Crippen LogP contribution is -2.44. The molecule has 9 nitrogen and oxygen atoms in total. The highest BCUT2D eigenvalue weighted by atomic mass is 19.1. The largest absolute Gasteiger partial charge is 0.364 e. The van der Waals surface area contributed by atoms with E-state index in [0.29, 0.717) is 24.4 Å². The number of carbonyl (C=O) groups is 1. The van der Waals surface area contributed by atoms with Gasteiger partial charge in [0, 0.05) is 38.4 Å². The standard InChI is InChI=1S/C30H33FN8O/c1-19-5-4-10-38(15-19)16-21-11-25(28(33)40)35-26-24(31)17-39(27(21)26)23-7-3-6-22(12-23)30(13-20(14-30)8-9-32)29-36-34-18-37(29)2/h3,6-7,11-12,17-20H,4-5,8,10,13-16H2,1-2H3,(H2,33,40)/t19-,20?,30?/m0/s1. The molecule has 6 rings (SSSR count). The van der Waals surface area contributed by atoms with E-state index >= 15 is 4.39 Å². The number of primary amides is 1. The Morgan fingerprint density at radius 3 is 2.83 bits per heavy atom. The minimum absolute atomic E-state index is 0.0668. The van der Waals surface area contributed by atoms with Crippen LogP contribution < -0.4 is 5.73 Å². The number of carbonyl (C=O) groups excluding carboxylic acids is 1. The second-order valence-electron chi connectivity index (χ2n) is 11.6. The first-order chi connectivity index (χ1) is 19.3. The molecule has 4 aromatic rings. The number of pyridine rings is 1. The van der Waals surface area contributed by atoms with Crippen LogP contribution >= 0.6 is 0 Å². The predicted molar refractivity (Wildman–Crippen MR) is 148 cm³/mol. The molecule has 1 aliphatic heterocycles. The summed E-state index contributed by atoms with van der Waals surface area (Å²) in [6.07, 6.45) is 7.51. The number of hydrogen-bond acceptors (Lipinski definition) is 6. The van der Waals surface area contributed by atoms with Crippen molar-refractivity contribution in [3.63, 3.8) is 0 Å². The first-order valence-corrected chi connectivity index (χ1v) is 13.8. The van der Waals surface area contributed by atoms with Crippen molar-refractivity contribution in [1.29, 1.82) is 5.26 Å². The van der Waals surface area contributed by atoms with Gasteiger partial charge in [-0.3, -0.25) is 9.69 Å². The van der Waals surface area contributed by atoms with E-state index in [4.69, 9.17) is 5.73 Å². The number of hydrogen-bond donors (Lipinski definition) is 1. The van der Waals surface area contributed by atoms with Crippen molar-refractivity contribution in [3.8, 4) is 11.8 Å². The van der Waals surface area contributed by atoms with Gasteiger partial charge in [-0.2, -0.15) is 5.26 Å². The first kappa shape index (κ1) is 26.1. The monoisotopic (exact) mass is 540 g/mol. The molecular weight excluding hydrogens is 507 g/mol. The van der Waals surface area contributed by atoms with Crippen molar-refractivity contribution in [3.05, 3.63) is 71.3 Å². The summed E-state index contributed by atoms with van der Waals surface area (Å²) in [6, 6.07) is 12.1. The molecule has 2 N–H and O–H groups in total. The minimum atomic E-state index is -0.674. The topological polar surface area (TPSA) is 119 Å². The Kier molecular flexibility index (Phi) is 6.62. The van der Waals surface area contributed by atoms with Crippen LogP contribution in [0.1, 0.15) is 66.5 Å². The van der Waals surface area contributed by atoms with Gasteiger partial charge in [-0.05, 0) is 73.4 Å². The fourth-order valence-corrected chi connectivity index (χ4v) is 6.80. The average molecular weight is 541 g/mol. The number of nitriles is 1. The van der Waals surface area contributed by atoms with Crippen LogP contribution in [0.5, 0.6) is 0 Å². The predicted octanol–water partition coefficient (Wildman–Crippen LogP) is 4.23. The molecule has 10 heteroatoms. The van der Waals surface area contributed by atoms with Crippen molar-refractivity contribution in [2.75, 3.05) is 13.1 Å². The van der Waals surface area contributed by atoms with Crippen LogP contribution in [0, 0.1) is 29.0 Å². The summed E-state index contributed by atoms with van der Waals surface area (Å²) < 4.78 is 19.3. The highest BCUT2D eigenvalue weighted by Crippen LogP contribution is 2.53. The summed E-state index contributed by atoms with van der Waals surface area (Å²) >= 11 is 0. The van der Waals surface area contributed by atoms with E-state index in [-0.39, 0.29) is 22.5 Å². The van der Waals surface area contributed by atoms with Crippen LogP contribution in [0.2, 0.25) is 0 Å². The summed E-state index contributed by atoms with van der Waals surface area (Å²) in [5.41, 5.74) is 8.73. The van der Waals surface area contributed by atoms with Crippen LogP contribution in [-0.2, 0) is 19.0 Å². The second kappa shape index (κ2) is 10.1. The molecule has 3 aromatic heterocycles. The van der Waals surface area contributed by atoms with Gasteiger partial charge in [-0.15, -0.1) is 10.2 Å². The Hall–Kier alpha value is -4.10. The fourth-order valence-electron chi connectivity index (χ4n) is 6.80. The van der Waals surface area contributed by atoms with E-state index in [1.807, 2.05) is 28.3 Å². The van der Waals surface area contributed by atoms with Crippen LogP contribution in [-0.4, -0.2) is 48.2 Å². The molecule has 0 spiro atoms. The van der Waals surface area contributed by atoms with Gasteiger partial charge in [0.05, 0.1) is 17.0 Å². The maximum absolute atomic E-state index is 15.5. The number of rotatable bonds is 7. The van der Waals surface area contributed by atoms with E-state index in [0.717, 1.165) is 55.0 Å². The zero-order chi connectivity index (χ0) is 28.0. The molecule has 1 aliphatic carbocycles. The van der Waals surface area contributed by atoms with Gasteiger partial charge in [0.1, 0.15) is 23.4 Å². The number of piperidine rings is 1. The number of halogens is 1. The summed E-state index contributed by atoms with van der Waals surface area (Å²) in [5.74, 6) is 0.538. The molecule has 1 saturated heterocycles. The Labute approximate surface area is 232 Å². The molecule has 40 heavy (non-hydrogen) atoms. The lowest BCUT2D eigenvalue weighted by atomic mass is 9.57. The van der Waals surface area contributed by atoms with Crippen molar-refractivity contribution in [2.24, 2.45) is 24.6 Å². The number of nitrogens with two attached hydrogens (primary N) is 1. The van der Waals surface area contributed by atoms with Crippen LogP contribution in [0.25, 0.3) is 16.7 Å². The highest BCUT2D eigenvalue weighted by molar-refractivity contribution is 5.94. The van der Waals surface area contributed by atoms with E-state index in [1.165, 1.54) is 12.6 Å². The van der Waals surface area contributed by atoms with Gasteiger partial charge in [0.25, 0.3) is 5.91 Å². The average Bonchev–Trinajstić information content (AvgIpc) is 3.49. The van der Waals surface area contributed by atoms with Crippen molar-refractivity contribution < 1.29 is 9.18 Å². The molecule has 1 amide bonds.